The van der Waals surface area contributed by atoms with E-state index in [4.69, 9.17) is 0 Å². The first-order valence-corrected chi connectivity index (χ1v) is 6.66. The Morgan fingerprint density at radius 3 is 2.60 bits per heavy atom. The van der Waals surface area contributed by atoms with E-state index in [-0.39, 0.29) is 0 Å². The predicted molar refractivity (Wildman–Crippen MR) is 64.6 cm³/mol. The molecule has 0 spiro atoms. The Balaban J connectivity index is 2.10. The molecule has 0 radical (unpaired) electrons. The lowest BCUT2D eigenvalue weighted by Crippen LogP contribution is -2.28. The standard InChI is InChI=1S/C15H24/c1-10-11-6-7-12-13(11)14(2,3)8-5-9-15(10,12)4/h11-13H,1,5-9H2,2-4H3/t11-,12?,13?,15-/m1/s1. The lowest BCUT2D eigenvalue weighted by Gasteiger charge is -2.35. The minimum Gasteiger partial charge on any atom is -0.0990 e. The minimum absolute atomic E-state index is 0.515. The maximum atomic E-state index is 4.46. The highest BCUT2D eigenvalue weighted by molar-refractivity contribution is 5.29. The molecule has 15 heavy (non-hydrogen) atoms. The van der Waals surface area contributed by atoms with Gasteiger partial charge in [0.25, 0.3) is 0 Å². The van der Waals surface area contributed by atoms with E-state index in [9.17, 15) is 0 Å². The van der Waals surface area contributed by atoms with Gasteiger partial charge in [0.2, 0.25) is 0 Å². The molecule has 3 saturated carbocycles. The Labute approximate surface area is 94.1 Å². The highest BCUT2D eigenvalue weighted by atomic mass is 14.7. The van der Waals surface area contributed by atoms with E-state index in [1.165, 1.54) is 32.1 Å². The molecule has 0 heteroatoms. The molecule has 84 valence electrons. The molecule has 0 amide bonds. The molecule has 0 aromatic carbocycles. The van der Waals surface area contributed by atoms with Crippen LogP contribution in [0.15, 0.2) is 12.2 Å². The van der Waals surface area contributed by atoms with Crippen LogP contribution in [0.4, 0.5) is 0 Å². The Bertz CT molecular complexity index is 312. The quantitative estimate of drug-likeness (QED) is 0.513. The molecule has 0 heterocycles. The SMILES string of the molecule is C=C1[C@H]2CCC3C2C(C)(C)CCC[C@]13C. The summed E-state index contributed by atoms with van der Waals surface area (Å²) in [6.07, 6.45) is 7.18. The van der Waals surface area contributed by atoms with Crippen LogP contribution in [0.5, 0.6) is 0 Å². The lowest BCUT2D eigenvalue weighted by atomic mass is 9.69. The third-order valence-corrected chi connectivity index (χ3v) is 6.07. The fourth-order valence-corrected chi connectivity index (χ4v) is 5.28. The van der Waals surface area contributed by atoms with E-state index < -0.39 is 0 Å². The molecule has 0 aliphatic heterocycles. The van der Waals surface area contributed by atoms with Gasteiger partial charge in [-0.15, -0.1) is 0 Å². The van der Waals surface area contributed by atoms with E-state index in [1.807, 2.05) is 0 Å². The Kier molecular flexibility index (Phi) is 1.79. The number of allylic oxidation sites excluding steroid dienone is 1. The molecule has 0 saturated heterocycles. The summed E-state index contributed by atoms with van der Waals surface area (Å²) in [4.78, 5) is 0. The summed E-state index contributed by atoms with van der Waals surface area (Å²) in [5.74, 6) is 2.79. The van der Waals surface area contributed by atoms with Crippen molar-refractivity contribution in [3.8, 4) is 0 Å². The third kappa shape index (κ3) is 1.04. The van der Waals surface area contributed by atoms with Crippen molar-refractivity contribution < 1.29 is 0 Å². The minimum atomic E-state index is 0.515. The van der Waals surface area contributed by atoms with Crippen molar-refractivity contribution in [3.63, 3.8) is 0 Å². The first-order chi connectivity index (χ1) is 6.97. The Morgan fingerprint density at radius 1 is 1.13 bits per heavy atom. The van der Waals surface area contributed by atoms with E-state index in [2.05, 4.69) is 27.4 Å². The van der Waals surface area contributed by atoms with Crippen LogP contribution in [0.3, 0.4) is 0 Å². The van der Waals surface area contributed by atoms with Gasteiger partial charge < -0.3 is 0 Å². The van der Waals surface area contributed by atoms with Crippen LogP contribution in [-0.4, -0.2) is 0 Å². The summed E-state index contributed by atoms with van der Waals surface area (Å²) < 4.78 is 0. The van der Waals surface area contributed by atoms with Gasteiger partial charge in [-0.3, -0.25) is 0 Å². The highest BCUT2D eigenvalue weighted by Gasteiger charge is 2.61. The summed E-state index contributed by atoms with van der Waals surface area (Å²) in [6, 6.07) is 0. The van der Waals surface area contributed by atoms with E-state index in [1.54, 1.807) is 5.57 Å². The zero-order chi connectivity index (χ0) is 10.8. The van der Waals surface area contributed by atoms with Crippen LogP contribution >= 0.6 is 0 Å². The second kappa shape index (κ2) is 2.70. The Morgan fingerprint density at radius 2 is 1.87 bits per heavy atom. The average molecular weight is 204 g/mol. The fourth-order valence-electron chi connectivity index (χ4n) is 5.28. The van der Waals surface area contributed by atoms with Crippen LogP contribution in [0, 0.1) is 28.6 Å². The molecule has 3 rings (SSSR count). The highest BCUT2D eigenvalue weighted by Crippen LogP contribution is 2.70. The van der Waals surface area contributed by atoms with Crippen molar-refractivity contribution in [1.29, 1.82) is 0 Å². The van der Waals surface area contributed by atoms with Crippen molar-refractivity contribution in [2.45, 2.75) is 52.9 Å². The molecule has 0 aromatic rings. The van der Waals surface area contributed by atoms with E-state index >= 15 is 0 Å². The van der Waals surface area contributed by atoms with Gasteiger partial charge in [-0.25, -0.2) is 0 Å². The molecule has 3 fully saturated rings. The van der Waals surface area contributed by atoms with E-state index in [0.29, 0.717) is 10.8 Å². The van der Waals surface area contributed by atoms with Crippen molar-refractivity contribution >= 4 is 0 Å². The summed E-state index contributed by atoms with van der Waals surface area (Å²) in [5.41, 5.74) is 2.71. The Hall–Kier alpha value is -0.260. The van der Waals surface area contributed by atoms with Gasteiger partial charge >= 0.3 is 0 Å². The molecule has 0 N–H and O–H groups in total. The maximum Gasteiger partial charge on any atom is -0.00849 e. The molecular formula is C15H24. The van der Waals surface area contributed by atoms with Gasteiger partial charge in [0.1, 0.15) is 0 Å². The molecule has 4 bridgehead atoms. The van der Waals surface area contributed by atoms with Crippen LogP contribution in [0.2, 0.25) is 0 Å². The molecule has 4 atom stereocenters. The number of hydrogen-bond donors (Lipinski definition) is 0. The lowest BCUT2D eigenvalue weighted by molar-refractivity contribution is 0.141. The van der Waals surface area contributed by atoms with Crippen molar-refractivity contribution in [1.82, 2.24) is 0 Å². The van der Waals surface area contributed by atoms with Crippen molar-refractivity contribution in [2.24, 2.45) is 28.6 Å². The summed E-state index contributed by atoms with van der Waals surface area (Å²) in [6.45, 7) is 12.0. The van der Waals surface area contributed by atoms with Gasteiger partial charge in [0, 0.05) is 0 Å². The van der Waals surface area contributed by atoms with Gasteiger partial charge in [0.05, 0.1) is 0 Å². The van der Waals surface area contributed by atoms with Crippen LogP contribution in [0.1, 0.15) is 52.9 Å². The summed E-state index contributed by atoms with van der Waals surface area (Å²) >= 11 is 0. The van der Waals surface area contributed by atoms with Crippen LogP contribution < -0.4 is 0 Å². The van der Waals surface area contributed by atoms with Crippen LogP contribution in [0.25, 0.3) is 0 Å². The van der Waals surface area contributed by atoms with Crippen LogP contribution in [-0.2, 0) is 0 Å². The molecule has 2 unspecified atom stereocenters. The molecular weight excluding hydrogens is 180 g/mol. The zero-order valence-electron chi connectivity index (χ0n) is 10.5. The monoisotopic (exact) mass is 204 g/mol. The third-order valence-electron chi connectivity index (χ3n) is 6.07. The van der Waals surface area contributed by atoms with Crippen molar-refractivity contribution in [3.05, 3.63) is 12.2 Å². The van der Waals surface area contributed by atoms with Gasteiger partial charge in [-0.2, -0.15) is 0 Å². The predicted octanol–water partition coefficient (Wildman–Crippen LogP) is 4.42. The fraction of sp³-hybridized carbons (Fsp3) is 0.867. The average Bonchev–Trinajstić information content (AvgIpc) is 2.63. The number of rotatable bonds is 0. The maximum absolute atomic E-state index is 4.46. The second-order valence-electron chi connectivity index (χ2n) is 7.10. The first kappa shape index (κ1) is 9.93. The first-order valence-electron chi connectivity index (χ1n) is 6.66. The summed E-state index contributed by atoms with van der Waals surface area (Å²) in [7, 11) is 0. The molecule has 3 aliphatic rings. The van der Waals surface area contributed by atoms with Gasteiger partial charge in [-0.1, -0.05) is 39.3 Å². The van der Waals surface area contributed by atoms with Gasteiger partial charge in [-0.05, 0) is 54.3 Å². The zero-order valence-corrected chi connectivity index (χ0v) is 10.5. The molecule has 0 aromatic heterocycles. The molecule has 0 nitrogen and oxygen atoms in total. The van der Waals surface area contributed by atoms with Crippen molar-refractivity contribution in [2.75, 3.05) is 0 Å². The summed E-state index contributed by atoms with van der Waals surface area (Å²) in [5, 5.41) is 0. The smallest absolute Gasteiger partial charge is 0.00849 e. The molecule has 3 aliphatic carbocycles. The normalized spacial score (nSPS) is 51.9. The largest absolute Gasteiger partial charge is 0.0990 e. The topological polar surface area (TPSA) is 0 Å². The van der Waals surface area contributed by atoms with Gasteiger partial charge in [0.15, 0.2) is 0 Å². The van der Waals surface area contributed by atoms with E-state index in [0.717, 1.165) is 17.8 Å². The second-order valence-corrected chi connectivity index (χ2v) is 7.10. The number of hydrogen-bond acceptors (Lipinski definition) is 0.